The van der Waals surface area contributed by atoms with Gasteiger partial charge in [-0.15, -0.1) is 0 Å². The first-order chi connectivity index (χ1) is 15.4. The van der Waals surface area contributed by atoms with E-state index < -0.39 is 0 Å². The fraction of sp³-hybridized carbons (Fsp3) is 0.208. The number of ether oxygens (including phenoxy) is 1. The Morgan fingerprint density at radius 1 is 1.19 bits per heavy atom. The maximum Gasteiger partial charge on any atom is 0.278 e. The van der Waals surface area contributed by atoms with Gasteiger partial charge in [0.25, 0.3) is 5.91 Å². The molecule has 1 amide bonds. The molecule has 1 N–H and O–H groups in total. The van der Waals surface area contributed by atoms with Gasteiger partial charge in [-0.05, 0) is 66.0 Å². The van der Waals surface area contributed by atoms with E-state index in [2.05, 4.69) is 37.6 Å². The highest BCUT2D eigenvalue weighted by Gasteiger charge is 2.21. The topological polar surface area (TPSA) is 82.2 Å². The molecule has 2 aromatic heterocycles. The number of nitrogens with zero attached hydrogens (tertiary/aromatic N) is 3. The van der Waals surface area contributed by atoms with E-state index in [0.29, 0.717) is 23.6 Å². The number of halogens is 1. The van der Waals surface area contributed by atoms with Gasteiger partial charge in [0.05, 0.1) is 22.8 Å². The van der Waals surface area contributed by atoms with Crippen molar-refractivity contribution in [2.24, 2.45) is 0 Å². The number of carbonyl (C=O) groups excluding carboxylic acids is 1. The van der Waals surface area contributed by atoms with Crippen LogP contribution in [0.2, 0.25) is 0 Å². The minimum absolute atomic E-state index is 0.191. The van der Waals surface area contributed by atoms with Gasteiger partial charge in [0.2, 0.25) is 0 Å². The van der Waals surface area contributed by atoms with Crippen LogP contribution in [0.4, 0.5) is 5.69 Å². The van der Waals surface area contributed by atoms with Gasteiger partial charge < -0.3 is 14.6 Å². The normalized spacial score (nSPS) is 10.9. The van der Waals surface area contributed by atoms with E-state index in [4.69, 9.17) is 9.26 Å². The first kappa shape index (κ1) is 21.8. The largest absolute Gasteiger partial charge is 0.488 e. The third-order valence-corrected chi connectivity index (χ3v) is 5.44. The summed E-state index contributed by atoms with van der Waals surface area (Å²) >= 11 is 3.40. The summed E-state index contributed by atoms with van der Waals surface area (Å²) in [6.07, 6.45) is 3.63. The maximum absolute atomic E-state index is 12.9. The molecular weight excluding hydrogens is 472 g/mol. The van der Waals surface area contributed by atoms with E-state index >= 15 is 0 Å². The Morgan fingerprint density at radius 3 is 2.78 bits per heavy atom. The lowest BCUT2D eigenvalue weighted by Gasteiger charge is -2.10. The molecule has 0 saturated carbocycles. The van der Waals surface area contributed by atoms with Gasteiger partial charge in [-0.25, -0.2) is 0 Å². The van der Waals surface area contributed by atoms with Crippen LogP contribution in [0.3, 0.4) is 0 Å². The van der Waals surface area contributed by atoms with Crippen molar-refractivity contribution in [1.29, 1.82) is 0 Å². The number of hydrogen-bond acceptors (Lipinski definition) is 5. The van der Waals surface area contributed by atoms with Gasteiger partial charge in [0, 0.05) is 11.9 Å². The summed E-state index contributed by atoms with van der Waals surface area (Å²) in [5.74, 6) is 0.971. The summed E-state index contributed by atoms with van der Waals surface area (Å²) in [6, 6.07) is 13.6. The van der Waals surface area contributed by atoms with E-state index in [0.717, 1.165) is 21.3 Å². The Hall–Kier alpha value is -3.39. The van der Waals surface area contributed by atoms with Crippen LogP contribution < -0.4 is 10.1 Å². The molecule has 7 nitrogen and oxygen atoms in total. The first-order valence-electron chi connectivity index (χ1n) is 10.1. The molecule has 0 bridgehead atoms. The molecule has 8 heteroatoms. The fourth-order valence-electron chi connectivity index (χ4n) is 3.40. The molecule has 0 unspecified atom stereocenters. The zero-order chi connectivity index (χ0) is 22.7. The second-order valence-electron chi connectivity index (χ2n) is 7.63. The Labute approximate surface area is 194 Å². The number of rotatable bonds is 7. The molecule has 0 aliphatic heterocycles. The molecule has 32 heavy (non-hydrogen) atoms. The number of aromatic nitrogens is 3. The lowest BCUT2D eigenvalue weighted by molar-refractivity contribution is 0.101. The van der Waals surface area contributed by atoms with Crippen LogP contribution in [0.1, 0.15) is 38.5 Å². The van der Waals surface area contributed by atoms with Crippen molar-refractivity contribution in [1.82, 2.24) is 14.9 Å². The molecule has 2 aromatic carbocycles. The van der Waals surface area contributed by atoms with Crippen molar-refractivity contribution >= 4 is 27.5 Å². The predicted octanol–water partition coefficient (Wildman–Crippen LogP) is 5.44. The molecule has 164 valence electrons. The number of aryl methyl sites for hydroxylation is 3. The molecule has 0 saturated heterocycles. The highest BCUT2D eigenvalue weighted by atomic mass is 79.9. The lowest BCUT2D eigenvalue weighted by atomic mass is 10.1. The first-order valence-corrected chi connectivity index (χ1v) is 10.9. The number of benzene rings is 2. The average Bonchev–Trinajstić information content (AvgIpc) is 3.32. The number of carbonyl (C=O) groups is 1. The van der Waals surface area contributed by atoms with Crippen LogP contribution in [0.5, 0.6) is 5.75 Å². The van der Waals surface area contributed by atoms with E-state index in [1.807, 2.05) is 61.1 Å². The molecule has 0 aliphatic carbocycles. The number of nitrogens with one attached hydrogen (secondary N) is 1. The van der Waals surface area contributed by atoms with E-state index in [1.54, 1.807) is 13.1 Å². The Balaban J connectivity index is 1.46. The number of amides is 1. The van der Waals surface area contributed by atoms with Crippen LogP contribution in [-0.2, 0) is 13.2 Å². The zero-order valence-electron chi connectivity index (χ0n) is 18.1. The molecular formula is C24H23BrN4O3. The molecule has 4 rings (SSSR count). The second-order valence-corrected chi connectivity index (χ2v) is 8.55. The molecule has 0 atom stereocenters. The van der Waals surface area contributed by atoms with Crippen molar-refractivity contribution in [2.45, 2.75) is 33.9 Å². The van der Waals surface area contributed by atoms with Crippen molar-refractivity contribution in [2.75, 3.05) is 5.32 Å². The molecule has 0 radical (unpaired) electrons. The quantitative estimate of drug-likeness (QED) is 0.369. The zero-order valence-corrected chi connectivity index (χ0v) is 19.6. The summed E-state index contributed by atoms with van der Waals surface area (Å²) in [7, 11) is 0. The lowest BCUT2D eigenvalue weighted by Crippen LogP contribution is -2.15. The summed E-state index contributed by atoms with van der Waals surface area (Å²) < 4.78 is 14.0. The third kappa shape index (κ3) is 5.08. The third-order valence-electron chi connectivity index (χ3n) is 5.03. The van der Waals surface area contributed by atoms with Gasteiger partial charge in [0.15, 0.2) is 5.69 Å². The predicted molar refractivity (Wildman–Crippen MR) is 125 cm³/mol. The minimum Gasteiger partial charge on any atom is -0.488 e. The Kier molecular flexibility index (Phi) is 6.41. The summed E-state index contributed by atoms with van der Waals surface area (Å²) in [4.78, 5) is 12.9. The highest BCUT2D eigenvalue weighted by Crippen LogP contribution is 2.23. The number of anilines is 1. The van der Waals surface area contributed by atoms with Crippen LogP contribution >= 0.6 is 15.9 Å². The average molecular weight is 495 g/mol. The molecule has 0 aliphatic rings. The second kappa shape index (κ2) is 9.40. The van der Waals surface area contributed by atoms with E-state index in [-0.39, 0.29) is 18.2 Å². The number of hydrogen-bond donors (Lipinski definition) is 1. The standard InChI is InChI=1S/C24H23BrN4O3/c1-15-7-8-22(16(2)9-15)31-14-21-17(3)32-28-23(21)24(30)27-20-6-4-5-18(10-20)12-29-13-19(25)11-26-29/h4-11,13H,12,14H2,1-3H3,(H,27,30). The molecule has 0 spiro atoms. The van der Waals surface area contributed by atoms with Crippen molar-refractivity contribution < 1.29 is 14.1 Å². The molecule has 4 aromatic rings. The minimum atomic E-state index is -0.347. The van der Waals surface area contributed by atoms with Crippen LogP contribution in [0, 0.1) is 20.8 Å². The fourth-order valence-corrected chi connectivity index (χ4v) is 3.73. The van der Waals surface area contributed by atoms with Crippen LogP contribution in [-0.4, -0.2) is 20.8 Å². The van der Waals surface area contributed by atoms with Gasteiger partial charge in [-0.1, -0.05) is 35.0 Å². The highest BCUT2D eigenvalue weighted by molar-refractivity contribution is 9.10. The van der Waals surface area contributed by atoms with Gasteiger partial charge >= 0.3 is 0 Å². The SMILES string of the molecule is Cc1ccc(OCc2c(C(=O)Nc3cccc(Cn4cc(Br)cn4)c3)noc2C)c(C)c1. The monoisotopic (exact) mass is 494 g/mol. The maximum atomic E-state index is 12.9. The molecule has 2 heterocycles. The van der Waals surface area contributed by atoms with Gasteiger partial charge in [-0.2, -0.15) is 5.10 Å². The summed E-state index contributed by atoms with van der Waals surface area (Å²) in [6.45, 7) is 6.58. The van der Waals surface area contributed by atoms with Crippen molar-refractivity contribution in [3.8, 4) is 5.75 Å². The van der Waals surface area contributed by atoms with E-state index in [9.17, 15) is 4.79 Å². The van der Waals surface area contributed by atoms with Crippen molar-refractivity contribution in [3.05, 3.63) is 93.0 Å². The van der Waals surface area contributed by atoms with Gasteiger partial charge in [-0.3, -0.25) is 9.48 Å². The van der Waals surface area contributed by atoms with E-state index in [1.165, 1.54) is 5.56 Å². The summed E-state index contributed by atoms with van der Waals surface area (Å²) in [5, 5.41) is 11.1. The van der Waals surface area contributed by atoms with Crippen molar-refractivity contribution in [3.63, 3.8) is 0 Å². The van der Waals surface area contributed by atoms with Gasteiger partial charge in [0.1, 0.15) is 18.1 Å². The summed E-state index contributed by atoms with van der Waals surface area (Å²) in [5.41, 5.74) is 4.71. The van der Waals surface area contributed by atoms with Crippen LogP contribution in [0.25, 0.3) is 0 Å². The Morgan fingerprint density at radius 2 is 2.03 bits per heavy atom. The smallest absolute Gasteiger partial charge is 0.278 e. The molecule has 0 fully saturated rings. The Bertz CT molecular complexity index is 1260. The van der Waals surface area contributed by atoms with Crippen LogP contribution in [0.15, 0.2) is 63.9 Å².